The molecule has 0 spiro atoms. The molecule has 11 heteroatoms. The number of sulfonamides is 1. The number of methoxy groups -OCH3 is 2. The first-order chi connectivity index (χ1) is 19.8. The molecule has 3 aromatic carbocycles. The normalized spacial score (nSPS) is 13.8. The Kier molecular flexibility index (Phi) is 10.4. The van der Waals surface area contributed by atoms with Gasteiger partial charge in [-0.3, -0.25) is 14.0 Å². The number of carbonyl (C=O) groups is 1. The lowest BCUT2D eigenvalue weighted by Crippen LogP contribution is -2.40. The Morgan fingerprint density at radius 2 is 1.59 bits per heavy atom. The Morgan fingerprint density at radius 1 is 0.927 bits per heavy atom. The highest BCUT2D eigenvalue weighted by molar-refractivity contribution is 7.92. The molecule has 3 aromatic rings. The number of nitrogens with one attached hydrogen (secondary N) is 1. The van der Waals surface area contributed by atoms with E-state index in [0.29, 0.717) is 23.8 Å². The fraction of sp³-hybridized carbons (Fsp3) is 0.367. The summed E-state index contributed by atoms with van der Waals surface area (Å²) in [4.78, 5) is 15.4. The summed E-state index contributed by atoms with van der Waals surface area (Å²) in [6, 6.07) is 18.9. The van der Waals surface area contributed by atoms with Crippen LogP contribution in [0.4, 0.5) is 5.69 Å². The van der Waals surface area contributed by atoms with Crippen LogP contribution < -0.4 is 23.8 Å². The molecular formula is C30H37N3O7S. The van der Waals surface area contributed by atoms with Gasteiger partial charge in [0, 0.05) is 32.2 Å². The van der Waals surface area contributed by atoms with Gasteiger partial charge in [0.15, 0.2) is 11.5 Å². The molecule has 220 valence electrons. The van der Waals surface area contributed by atoms with Crippen molar-refractivity contribution in [3.63, 3.8) is 0 Å². The van der Waals surface area contributed by atoms with Gasteiger partial charge in [-0.1, -0.05) is 24.3 Å². The van der Waals surface area contributed by atoms with Crippen LogP contribution in [0.1, 0.15) is 18.1 Å². The summed E-state index contributed by atoms with van der Waals surface area (Å²) in [5, 5.41) is 2.85. The first-order valence-corrected chi connectivity index (χ1v) is 14.9. The predicted molar refractivity (Wildman–Crippen MR) is 156 cm³/mol. The van der Waals surface area contributed by atoms with Gasteiger partial charge in [0.2, 0.25) is 5.91 Å². The van der Waals surface area contributed by atoms with E-state index in [9.17, 15) is 13.2 Å². The van der Waals surface area contributed by atoms with Crippen LogP contribution in [0, 0.1) is 0 Å². The van der Waals surface area contributed by atoms with Gasteiger partial charge in [0.1, 0.15) is 12.3 Å². The van der Waals surface area contributed by atoms with E-state index >= 15 is 0 Å². The number of hydrogen-bond acceptors (Lipinski definition) is 8. The maximum atomic E-state index is 13.8. The number of morpholine rings is 1. The van der Waals surface area contributed by atoms with Crippen LogP contribution in [0.15, 0.2) is 71.6 Å². The molecule has 1 saturated heterocycles. The highest BCUT2D eigenvalue weighted by atomic mass is 32.2. The van der Waals surface area contributed by atoms with Gasteiger partial charge in [-0.15, -0.1) is 0 Å². The Bertz CT molecular complexity index is 1390. The molecule has 10 nitrogen and oxygen atoms in total. The van der Waals surface area contributed by atoms with Gasteiger partial charge in [0.05, 0.1) is 44.6 Å². The van der Waals surface area contributed by atoms with E-state index in [-0.39, 0.29) is 17.2 Å². The molecule has 0 aliphatic carbocycles. The SMILES string of the molecule is CCOc1ccc(N(CC(=O)NCc2ccc(CN3CCOCC3)cc2)S(=O)(=O)c2ccc(OC)c(OC)c2)cc1. The molecule has 1 amide bonds. The third kappa shape index (κ3) is 7.90. The molecule has 0 saturated carbocycles. The summed E-state index contributed by atoms with van der Waals surface area (Å²) in [5.74, 6) is 0.816. The monoisotopic (exact) mass is 583 g/mol. The van der Waals surface area contributed by atoms with Gasteiger partial charge in [-0.05, 0) is 54.4 Å². The number of rotatable bonds is 13. The Morgan fingerprint density at radius 3 is 2.22 bits per heavy atom. The van der Waals surface area contributed by atoms with Crippen molar-refractivity contribution in [2.75, 3.05) is 58.0 Å². The second-order valence-corrected chi connectivity index (χ2v) is 11.3. The van der Waals surface area contributed by atoms with Crippen LogP contribution in [0.25, 0.3) is 0 Å². The van der Waals surface area contributed by atoms with Crippen molar-refractivity contribution >= 4 is 21.6 Å². The smallest absolute Gasteiger partial charge is 0.264 e. The molecule has 0 aromatic heterocycles. The van der Waals surface area contributed by atoms with Crippen LogP contribution in [-0.2, 0) is 32.6 Å². The molecule has 1 N–H and O–H groups in total. The molecule has 41 heavy (non-hydrogen) atoms. The number of ether oxygens (including phenoxy) is 4. The zero-order valence-electron chi connectivity index (χ0n) is 23.7. The van der Waals surface area contributed by atoms with Crippen molar-refractivity contribution in [1.29, 1.82) is 0 Å². The van der Waals surface area contributed by atoms with E-state index in [4.69, 9.17) is 18.9 Å². The number of nitrogens with zero attached hydrogens (tertiary/aromatic N) is 2. The average molecular weight is 584 g/mol. The van der Waals surface area contributed by atoms with Gasteiger partial charge in [-0.25, -0.2) is 8.42 Å². The van der Waals surface area contributed by atoms with Gasteiger partial charge in [-0.2, -0.15) is 0 Å². The third-order valence-electron chi connectivity index (χ3n) is 6.69. The largest absolute Gasteiger partial charge is 0.494 e. The van der Waals surface area contributed by atoms with E-state index in [1.165, 1.54) is 38.0 Å². The number of anilines is 1. The van der Waals surface area contributed by atoms with Gasteiger partial charge in [0.25, 0.3) is 10.0 Å². The summed E-state index contributed by atoms with van der Waals surface area (Å²) >= 11 is 0. The Balaban J connectivity index is 1.49. The minimum atomic E-state index is -4.15. The summed E-state index contributed by atoms with van der Waals surface area (Å²) < 4.78 is 50.2. The van der Waals surface area contributed by atoms with Crippen molar-refractivity contribution < 1.29 is 32.2 Å². The van der Waals surface area contributed by atoms with E-state index in [1.807, 2.05) is 31.2 Å². The second-order valence-electron chi connectivity index (χ2n) is 9.44. The summed E-state index contributed by atoms with van der Waals surface area (Å²) in [6.45, 7) is 6.36. The molecular weight excluding hydrogens is 546 g/mol. The van der Waals surface area contributed by atoms with Crippen molar-refractivity contribution in [2.24, 2.45) is 0 Å². The quantitative estimate of drug-likeness (QED) is 0.326. The maximum absolute atomic E-state index is 13.8. The summed E-state index contributed by atoms with van der Waals surface area (Å²) in [6.07, 6.45) is 0. The van der Waals surface area contributed by atoms with Crippen LogP contribution in [-0.4, -0.2) is 72.9 Å². The van der Waals surface area contributed by atoms with Crippen LogP contribution >= 0.6 is 0 Å². The molecule has 0 radical (unpaired) electrons. The second kappa shape index (κ2) is 14.2. The molecule has 0 atom stereocenters. The van der Waals surface area contributed by atoms with Crippen molar-refractivity contribution in [3.05, 3.63) is 77.9 Å². The third-order valence-corrected chi connectivity index (χ3v) is 8.46. The highest BCUT2D eigenvalue weighted by Crippen LogP contribution is 2.32. The van der Waals surface area contributed by atoms with Crippen LogP contribution in [0.2, 0.25) is 0 Å². The number of benzene rings is 3. The van der Waals surface area contributed by atoms with Crippen molar-refractivity contribution in [1.82, 2.24) is 10.2 Å². The first-order valence-electron chi connectivity index (χ1n) is 13.5. The minimum absolute atomic E-state index is 0.0345. The molecule has 0 unspecified atom stereocenters. The average Bonchev–Trinajstić information content (AvgIpc) is 3.00. The van der Waals surface area contributed by atoms with Crippen molar-refractivity contribution in [3.8, 4) is 17.2 Å². The number of hydrogen-bond donors (Lipinski definition) is 1. The van der Waals surface area contributed by atoms with Gasteiger partial charge >= 0.3 is 0 Å². The molecule has 0 bridgehead atoms. The molecule has 1 heterocycles. The molecule has 1 fully saturated rings. The lowest BCUT2D eigenvalue weighted by Gasteiger charge is -2.26. The molecule has 1 aliphatic heterocycles. The fourth-order valence-electron chi connectivity index (χ4n) is 4.46. The number of carbonyl (C=O) groups excluding carboxylic acids is 1. The van der Waals surface area contributed by atoms with E-state index in [1.54, 1.807) is 24.3 Å². The summed E-state index contributed by atoms with van der Waals surface area (Å²) in [7, 11) is -1.25. The molecule has 4 rings (SSSR count). The fourth-order valence-corrected chi connectivity index (χ4v) is 5.90. The number of amides is 1. The Labute approximate surface area is 241 Å². The zero-order valence-corrected chi connectivity index (χ0v) is 24.5. The zero-order chi connectivity index (χ0) is 29.2. The predicted octanol–water partition coefficient (Wildman–Crippen LogP) is 3.45. The summed E-state index contributed by atoms with van der Waals surface area (Å²) in [5.41, 5.74) is 2.43. The topological polar surface area (TPSA) is 107 Å². The van der Waals surface area contributed by atoms with E-state index < -0.39 is 22.5 Å². The van der Waals surface area contributed by atoms with E-state index in [2.05, 4.69) is 10.2 Å². The van der Waals surface area contributed by atoms with Crippen LogP contribution in [0.5, 0.6) is 17.2 Å². The molecule has 1 aliphatic rings. The van der Waals surface area contributed by atoms with Crippen LogP contribution in [0.3, 0.4) is 0 Å². The standard InChI is InChI=1S/C30H37N3O7S/c1-4-40-26-11-9-25(10-12-26)33(41(35,36)27-13-14-28(37-2)29(19-27)38-3)22-30(34)31-20-23-5-7-24(8-6-23)21-32-15-17-39-18-16-32/h5-14,19H,4,15-18,20-22H2,1-3H3,(H,31,34). The maximum Gasteiger partial charge on any atom is 0.264 e. The first kappa shape index (κ1) is 30.2. The van der Waals surface area contributed by atoms with Gasteiger partial charge < -0.3 is 24.3 Å². The highest BCUT2D eigenvalue weighted by Gasteiger charge is 2.28. The van der Waals surface area contributed by atoms with E-state index in [0.717, 1.165) is 42.7 Å². The lowest BCUT2D eigenvalue weighted by molar-refractivity contribution is -0.119. The van der Waals surface area contributed by atoms with Crippen molar-refractivity contribution in [2.45, 2.75) is 24.9 Å². The Hall–Kier alpha value is -3.80. The minimum Gasteiger partial charge on any atom is -0.494 e. The lowest BCUT2D eigenvalue weighted by atomic mass is 10.1.